The van der Waals surface area contributed by atoms with Crippen molar-refractivity contribution in [2.24, 2.45) is 5.73 Å². The average molecular weight is 459 g/mol. The molecule has 2 atom stereocenters. The van der Waals surface area contributed by atoms with Gasteiger partial charge in [0.25, 0.3) is 5.91 Å². The van der Waals surface area contributed by atoms with E-state index in [9.17, 15) is 19.2 Å². The first kappa shape index (κ1) is 27.5. The van der Waals surface area contributed by atoms with Crippen LogP contribution in [0.3, 0.4) is 0 Å². The van der Waals surface area contributed by atoms with E-state index in [2.05, 4.69) is 16.7 Å². The van der Waals surface area contributed by atoms with Gasteiger partial charge >= 0.3 is 6.09 Å². The Hall–Kier alpha value is -3.54. The molecule has 0 aliphatic carbocycles. The van der Waals surface area contributed by atoms with Crippen molar-refractivity contribution in [3.63, 3.8) is 0 Å². The van der Waals surface area contributed by atoms with Gasteiger partial charge in [-0.2, -0.15) is 0 Å². The Morgan fingerprint density at radius 3 is 2.21 bits per heavy atom. The van der Waals surface area contributed by atoms with Crippen molar-refractivity contribution < 1.29 is 23.9 Å². The van der Waals surface area contributed by atoms with Gasteiger partial charge in [-0.05, 0) is 59.6 Å². The molecular formula is C24H34N4O5. The summed E-state index contributed by atoms with van der Waals surface area (Å²) in [6, 6.07) is 4.80. The maximum atomic E-state index is 13.4. The topological polar surface area (TPSA) is 131 Å². The van der Waals surface area contributed by atoms with Crippen LogP contribution in [0.5, 0.6) is 0 Å². The molecule has 0 saturated heterocycles. The van der Waals surface area contributed by atoms with Crippen LogP contribution in [0, 0.1) is 26.3 Å². The summed E-state index contributed by atoms with van der Waals surface area (Å²) in [5.74, 6) is -2.18. The quantitative estimate of drug-likeness (QED) is 0.405. The standard InChI is InChI=1S/C24H34N4O5/c1-9-28(22(31)18(13-19(25)29)27-23(32)33-24(6,7)8)20(21(30)26-14(2)3)17-11-10-15(4)12-16(17)5/h1,10-12,14,18,20H,13H2,2-8H3,(H2,25,29)(H,26,30)(H,27,32). The molecule has 1 aromatic carbocycles. The molecule has 0 aliphatic rings. The molecule has 0 heterocycles. The van der Waals surface area contributed by atoms with E-state index < -0.39 is 47.9 Å². The van der Waals surface area contributed by atoms with Gasteiger partial charge in [0.1, 0.15) is 17.7 Å². The van der Waals surface area contributed by atoms with Crippen LogP contribution in [-0.2, 0) is 19.1 Å². The summed E-state index contributed by atoms with van der Waals surface area (Å²) in [5, 5.41) is 5.12. The molecule has 0 aliphatic heterocycles. The first-order valence-corrected chi connectivity index (χ1v) is 10.6. The van der Waals surface area contributed by atoms with Crippen LogP contribution in [-0.4, -0.2) is 46.4 Å². The molecule has 0 aromatic heterocycles. The Kier molecular flexibility index (Phi) is 9.47. The average Bonchev–Trinajstić information content (AvgIpc) is 2.63. The number of nitrogens with two attached hydrogens (primary N) is 1. The van der Waals surface area contributed by atoms with Crippen LogP contribution in [0.1, 0.15) is 63.8 Å². The molecule has 4 amide bonds. The Morgan fingerprint density at radius 1 is 1.15 bits per heavy atom. The Balaban J connectivity index is 3.44. The first-order chi connectivity index (χ1) is 15.2. The number of primary amides is 1. The number of benzene rings is 1. The van der Waals surface area contributed by atoms with Gasteiger partial charge in [0, 0.05) is 12.1 Å². The number of terminal acetylenes is 1. The lowest BCUT2D eigenvalue weighted by Crippen LogP contribution is -2.53. The normalized spacial score (nSPS) is 12.8. The molecular weight excluding hydrogens is 424 g/mol. The highest BCUT2D eigenvalue weighted by atomic mass is 16.6. The first-order valence-electron chi connectivity index (χ1n) is 10.6. The zero-order valence-electron chi connectivity index (χ0n) is 20.3. The summed E-state index contributed by atoms with van der Waals surface area (Å²) in [4.78, 5) is 51.4. The summed E-state index contributed by atoms with van der Waals surface area (Å²) in [6.07, 6.45) is 4.23. The van der Waals surface area contributed by atoms with Crippen LogP contribution < -0.4 is 16.4 Å². The minimum Gasteiger partial charge on any atom is -0.444 e. The zero-order valence-corrected chi connectivity index (χ0v) is 20.3. The number of carbonyl (C=O) groups is 4. The molecule has 4 N–H and O–H groups in total. The van der Waals surface area contributed by atoms with Crippen LogP contribution in [0.15, 0.2) is 18.2 Å². The molecule has 9 nitrogen and oxygen atoms in total. The maximum Gasteiger partial charge on any atom is 0.408 e. The number of rotatable bonds is 8. The fraction of sp³-hybridized carbons (Fsp3) is 0.500. The number of hydrogen-bond donors (Lipinski definition) is 3. The van der Waals surface area contributed by atoms with E-state index in [0.29, 0.717) is 5.56 Å². The van der Waals surface area contributed by atoms with Crippen molar-refractivity contribution in [1.82, 2.24) is 15.5 Å². The number of ether oxygens (including phenoxy) is 1. The lowest BCUT2D eigenvalue weighted by atomic mass is 9.96. The molecule has 0 saturated carbocycles. The molecule has 33 heavy (non-hydrogen) atoms. The van der Waals surface area contributed by atoms with Gasteiger partial charge in [0.15, 0.2) is 0 Å². The second-order valence-corrected chi connectivity index (χ2v) is 9.13. The lowest BCUT2D eigenvalue weighted by molar-refractivity contribution is -0.139. The van der Waals surface area contributed by atoms with Crippen LogP contribution in [0.25, 0.3) is 0 Å². The van der Waals surface area contributed by atoms with Crippen molar-refractivity contribution in [3.8, 4) is 12.5 Å². The van der Waals surface area contributed by atoms with Gasteiger partial charge in [-0.25, -0.2) is 4.79 Å². The summed E-state index contributed by atoms with van der Waals surface area (Å²) >= 11 is 0. The van der Waals surface area contributed by atoms with Crippen LogP contribution >= 0.6 is 0 Å². The number of hydrogen-bond acceptors (Lipinski definition) is 5. The summed E-state index contributed by atoms with van der Waals surface area (Å²) in [7, 11) is 0. The molecule has 9 heteroatoms. The SMILES string of the molecule is C#CN(C(=O)C(CC(N)=O)NC(=O)OC(C)(C)C)C(C(=O)NC(C)C)c1ccc(C)cc1C. The van der Waals surface area contributed by atoms with Gasteiger partial charge in [0.2, 0.25) is 11.8 Å². The highest BCUT2D eigenvalue weighted by Gasteiger charge is 2.37. The maximum absolute atomic E-state index is 13.4. The van der Waals surface area contributed by atoms with Gasteiger partial charge in [-0.3, -0.25) is 19.3 Å². The van der Waals surface area contributed by atoms with E-state index >= 15 is 0 Å². The highest BCUT2D eigenvalue weighted by Crippen LogP contribution is 2.26. The van der Waals surface area contributed by atoms with Crippen molar-refractivity contribution in [3.05, 3.63) is 34.9 Å². The molecule has 0 bridgehead atoms. The Bertz CT molecular complexity index is 943. The highest BCUT2D eigenvalue weighted by molar-refractivity contribution is 5.95. The Morgan fingerprint density at radius 2 is 1.76 bits per heavy atom. The summed E-state index contributed by atoms with van der Waals surface area (Å²) in [5.41, 5.74) is 6.69. The van der Waals surface area contributed by atoms with E-state index in [0.717, 1.165) is 16.0 Å². The molecule has 2 unspecified atom stereocenters. The van der Waals surface area contributed by atoms with Gasteiger partial charge < -0.3 is 21.1 Å². The van der Waals surface area contributed by atoms with Crippen molar-refractivity contribution in [2.75, 3.05) is 0 Å². The Labute approximate surface area is 195 Å². The third-order valence-corrected chi connectivity index (χ3v) is 4.43. The third kappa shape index (κ3) is 8.48. The smallest absolute Gasteiger partial charge is 0.408 e. The third-order valence-electron chi connectivity index (χ3n) is 4.43. The summed E-state index contributed by atoms with van der Waals surface area (Å²) in [6.45, 7) is 12.2. The van der Waals surface area contributed by atoms with Gasteiger partial charge in [-0.1, -0.05) is 30.2 Å². The second-order valence-electron chi connectivity index (χ2n) is 9.13. The van der Waals surface area contributed by atoms with Crippen LogP contribution in [0.2, 0.25) is 0 Å². The number of carbonyl (C=O) groups excluding carboxylic acids is 4. The fourth-order valence-corrected chi connectivity index (χ4v) is 3.18. The molecule has 1 aromatic rings. The van der Waals surface area contributed by atoms with Gasteiger partial charge in [-0.15, -0.1) is 0 Å². The van der Waals surface area contributed by atoms with E-state index in [-0.39, 0.29) is 6.04 Å². The fourth-order valence-electron chi connectivity index (χ4n) is 3.18. The number of nitrogens with zero attached hydrogens (tertiary/aromatic N) is 1. The van der Waals surface area contributed by atoms with Crippen LogP contribution in [0.4, 0.5) is 4.79 Å². The number of alkyl carbamates (subject to hydrolysis) is 1. The molecule has 0 fully saturated rings. The number of nitrogens with one attached hydrogen (secondary N) is 2. The minimum atomic E-state index is -1.42. The predicted octanol–water partition coefficient (Wildman–Crippen LogP) is 2.06. The number of amides is 4. The molecule has 180 valence electrons. The number of aryl methyl sites for hydroxylation is 2. The summed E-state index contributed by atoms with van der Waals surface area (Å²) < 4.78 is 5.19. The van der Waals surface area contributed by atoms with Crippen molar-refractivity contribution in [1.29, 1.82) is 0 Å². The zero-order chi connectivity index (χ0) is 25.5. The van der Waals surface area contributed by atoms with E-state index in [1.807, 2.05) is 13.0 Å². The van der Waals surface area contributed by atoms with Gasteiger partial charge in [0.05, 0.1) is 6.42 Å². The van der Waals surface area contributed by atoms with Crippen molar-refractivity contribution in [2.45, 2.75) is 78.6 Å². The monoisotopic (exact) mass is 458 g/mol. The molecule has 1 rings (SSSR count). The molecule has 0 spiro atoms. The largest absolute Gasteiger partial charge is 0.444 e. The van der Waals surface area contributed by atoms with E-state index in [1.54, 1.807) is 53.7 Å². The molecule has 0 radical (unpaired) electrons. The van der Waals surface area contributed by atoms with E-state index in [1.165, 1.54) is 0 Å². The lowest BCUT2D eigenvalue weighted by Gasteiger charge is -2.31. The van der Waals surface area contributed by atoms with E-state index in [4.69, 9.17) is 16.9 Å². The minimum absolute atomic E-state index is 0.221. The second kappa shape index (κ2) is 11.4. The predicted molar refractivity (Wildman–Crippen MR) is 125 cm³/mol. The van der Waals surface area contributed by atoms with Crippen molar-refractivity contribution >= 4 is 23.8 Å².